The molecule has 0 amide bonds. The van der Waals surface area contributed by atoms with E-state index in [1.807, 2.05) is 13.8 Å². The minimum atomic E-state index is -0.882. The van der Waals surface area contributed by atoms with E-state index in [1.54, 1.807) is 0 Å². The molecule has 1 saturated carbocycles. The molecule has 8 fully saturated rings. The minimum Gasteiger partial charge on any atom is -0.328 e. The van der Waals surface area contributed by atoms with Gasteiger partial charge in [0.2, 0.25) is 0 Å². The van der Waals surface area contributed by atoms with Gasteiger partial charge in [0, 0.05) is 19.1 Å². The van der Waals surface area contributed by atoms with Crippen LogP contribution in [0, 0.1) is 64.6 Å². The molecule has 0 aromatic carbocycles. The second-order valence-electron chi connectivity index (χ2n) is 20.8. The Bertz CT molecular complexity index is 901. The highest BCUT2D eigenvalue weighted by molar-refractivity contribution is 4.93. The van der Waals surface area contributed by atoms with Crippen molar-refractivity contribution >= 4 is 0 Å². The molecule has 0 spiro atoms. The van der Waals surface area contributed by atoms with Gasteiger partial charge in [0.1, 0.15) is 5.67 Å². The first-order valence-electron chi connectivity index (χ1n) is 23.4. The van der Waals surface area contributed by atoms with Crippen LogP contribution in [0.3, 0.4) is 0 Å². The topological polar surface area (TPSA) is 68.6 Å². The lowest BCUT2D eigenvalue weighted by molar-refractivity contribution is -0.00801. The van der Waals surface area contributed by atoms with Gasteiger partial charge in [-0.3, -0.25) is 0 Å². The normalized spacial score (nSPS) is 30.8. The maximum atomic E-state index is 13.8. The smallest absolute Gasteiger partial charge is 0.115 e. The zero-order valence-corrected chi connectivity index (χ0v) is 38.5. The van der Waals surface area contributed by atoms with Crippen molar-refractivity contribution in [1.29, 1.82) is 0 Å². The second-order valence-corrected chi connectivity index (χ2v) is 20.8. The first-order valence-corrected chi connectivity index (χ1v) is 23.4. The summed E-state index contributed by atoms with van der Waals surface area (Å²) in [5, 5.41) is 9.97. The summed E-state index contributed by atoms with van der Waals surface area (Å²) in [7, 11) is 2.06. The van der Waals surface area contributed by atoms with E-state index in [0.29, 0.717) is 18.9 Å². The van der Waals surface area contributed by atoms with Gasteiger partial charge in [-0.25, -0.2) is 4.39 Å². The van der Waals surface area contributed by atoms with E-state index >= 15 is 0 Å². The van der Waals surface area contributed by atoms with Crippen molar-refractivity contribution in [2.24, 2.45) is 70.3 Å². The zero-order chi connectivity index (χ0) is 40.5. The van der Waals surface area contributed by atoms with Gasteiger partial charge in [-0.1, -0.05) is 83.1 Å². The Balaban J connectivity index is 0.000000226. The van der Waals surface area contributed by atoms with Gasteiger partial charge in [0.15, 0.2) is 0 Å². The van der Waals surface area contributed by atoms with Gasteiger partial charge in [0.25, 0.3) is 0 Å². The third-order valence-corrected chi connectivity index (χ3v) is 15.1. The predicted molar refractivity (Wildman–Crippen MR) is 236 cm³/mol. The van der Waals surface area contributed by atoms with Gasteiger partial charge in [-0.15, -0.1) is 0 Å². The molecule has 54 heavy (non-hydrogen) atoms. The highest BCUT2D eigenvalue weighted by Gasteiger charge is 2.41. The van der Waals surface area contributed by atoms with Crippen LogP contribution in [0.25, 0.3) is 0 Å². The van der Waals surface area contributed by atoms with Crippen LogP contribution in [0.4, 0.5) is 4.39 Å². The van der Waals surface area contributed by atoms with Crippen LogP contribution in [-0.2, 0) is 0 Å². The number of likely N-dealkylation sites (tertiary alicyclic amines) is 1. The van der Waals surface area contributed by atoms with Gasteiger partial charge >= 0.3 is 0 Å². The molecule has 7 heterocycles. The molecule has 7 heteroatoms. The van der Waals surface area contributed by atoms with E-state index < -0.39 is 5.67 Å². The van der Waals surface area contributed by atoms with Crippen LogP contribution in [0.5, 0.6) is 0 Å². The Morgan fingerprint density at radius 3 is 1.19 bits per heavy atom. The van der Waals surface area contributed by atoms with Crippen molar-refractivity contribution < 1.29 is 4.39 Å². The van der Waals surface area contributed by atoms with E-state index in [4.69, 9.17) is 5.73 Å². The van der Waals surface area contributed by atoms with Crippen LogP contribution in [0.15, 0.2) is 0 Å². The summed E-state index contributed by atoms with van der Waals surface area (Å²) in [6.45, 7) is 40.5. The molecule has 1 atom stereocenters. The minimum absolute atomic E-state index is 0.177. The molecule has 1 aliphatic carbocycles. The highest BCUT2D eigenvalue weighted by Crippen LogP contribution is 2.45. The molecule has 322 valence electrons. The quantitative estimate of drug-likeness (QED) is 0.216. The molecular formula is C47H97FN6. The largest absolute Gasteiger partial charge is 0.328 e. The van der Waals surface area contributed by atoms with Gasteiger partial charge in [-0.05, 0) is 195 Å². The van der Waals surface area contributed by atoms with Gasteiger partial charge in [0.05, 0.1) is 0 Å². The summed E-state index contributed by atoms with van der Waals surface area (Å²) < 4.78 is 13.8. The van der Waals surface area contributed by atoms with E-state index in [9.17, 15) is 4.39 Å². The molecule has 7 saturated heterocycles. The Morgan fingerprint density at radius 1 is 0.519 bits per heavy atom. The lowest BCUT2D eigenvalue weighted by atomic mass is 9.65. The lowest BCUT2D eigenvalue weighted by Crippen LogP contribution is -2.50. The number of piperidine rings is 5. The molecule has 8 rings (SSSR count). The zero-order valence-electron chi connectivity index (χ0n) is 38.5. The maximum absolute atomic E-state index is 13.8. The number of nitrogens with two attached hydrogens (primary N) is 1. The van der Waals surface area contributed by atoms with E-state index in [-0.39, 0.29) is 5.92 Å². The summed E-state index contributed by atoms with van der Waals surface area (Å²) >= 11 is 0. The van der Waals surface area contributed by atoms with Crippen LogP contribution >= 0.6 is 0 Å². The molecule has 6 nitrogen and oxygen atoms in total. The summed E-state index contributed by atoms with van der Waals surface area (Å²) in [6.07, 6.45) is 12.5. The molecule has 1 unspecified atom stereocenters. The Kier molecular flexibility index (Phi) is 23.3. The highest BCUT2D eigenvalue weighted by atomic mass is 19.1. The van der Waals surface area contributed by atoms with Crippen molar-refractivity contribution in [3.63, 3.8) is 0 Å². The fourth-order valence-corrected chi connectivity index (χ4v) is 9.08. The van der Waals surface area contributed by atoms with E-state index in [1.165, 1.54) is 110 Å². The fourth-order valence-electron chi connectivity index (χ4n) is 9.08. The molecule has 2 bridgehead atoms. The average molecular weight is 765 g/mol. The maximum Gasteiger partial charge on any atom is 0.115 e. The second kappa shape index (κ2) is 25.2. The van der Waals surface area contributed by atoms with Crippen molar-refractivity contribution in [2.75, 3.05) is 79.0 Å². The Hall–Kier alpha value is -0.310. The molecule has 0 aromatic rings. The standard InChI is InChI=1S/C10H19N.C9H18FN.C8H17N.2C7H15N.C6H13N/c1-9(2)10-3-6-11(7-4-10)8-5-10;1-8(2)9(10)4-6-11(3)7-5-9;1-7(2)8-3-5-9-6-4-8;1-5(2)6-3-7(8)4-6;1-6(2)7-3-4-8-5-7;1-5(2)6-3-7-4-6/h9H,3-8H2,1-2H3;8H,4-7H2,1-3H3;7-9H,3-6H2,1-2H3;5-7H,3-4,8H2,1-2H3;6-8H,3-5H2,1-2H3;5-7H,3-4H2,1-2H3. The van der Waals surface area contributed by atoms with E-state index in [2.05, 4.69) is 102 Å². The summed E-state index contributed by atoms with van der Waals surface area (Å²) in [5.74, 6) is 8.46. The third kappa shape index (κ3) is 17.7. The van der Waals surface area contributed by atoms with E-state index in [0.717, 1.165) is 71.8 Å². The van der Waals surface area contributed by atoms with Crippen molar-refractivity contribution in [2.45, 2.75) is 159 Å². The van der Waals surface area contributed by atoms with Gasteiger partial charge in [-0.2, -0.15) is 0 Å². The first-order chi connectivity index (χ1) is 25.4. The number of nitrogens with zero attached hydrogens (tertiary/aromatic N) is 2. The molecule has 7 aliphatic heterocycles. The van der Waals surface area contributed by atoms with Crippen molar-refractivity contribution in [1.82, 2.24) is 25.8 Å². The molecule has 5 N–H and O–H groups in total. The van der Waals surface area contributed by atoms with Crippen molar-refractivity contribution in [3.05, 3.63) is 0 Å². The fraction of sp³-hybridized carbons (Fsp3) is 1.00. The lowest BCUT2D eigenvalue weighted by Gasteiger charge is -2.51. The van der Waals surface area contributed by atoms with Crippen molar-refractivity contribution in [3.8, 4) is 0 Å². The van der Waals surface area contributed by atoms with Gasteiger partial charge < -0.3 is 31.5 Å². The molecule has 0 radical (unpaired) electrons. The summed E-state index contributed by atoms with van der Waals surface area (Å²) in [5.41, 5.74) is 5.47. The molecule has 8 aliphatic rings. The number of halogens is 1. The van der Waals surface area contributed by atoms with Crippen LogP contribution in [0.1, 0.15) is 147 Å². The monoisotopic (exact) mass is 765 g/mol. The summed E-state index contributed by atoms with van der Waals surface area (Å²) in [4.78, 5) is 4.81. The number of hydrogen-bond donors (Lipinski definition) is 4. The SMILES string of the molecule is CC(C)C1(F)CCN(C)CC1.CC(C)C12CCN(CC1)CC2.CC(C)C1CC(N)C1.CC(C)C1CCNC1.CC(C)C1CCNCC1.CC(C)C1CNC1. The number of alkyl halides is 1. The summed E-state index contributed by atoms with van der Waals surface area (Å²) in [6, 6.07) is 0.530. The Labute approximate surface area is 337 Å². The molecular weight excluding hydrogens is 668 g/mol. The average Bonchev–Trinajstić information content (AvgIpc) is 3.66. The predicted octanol–water partition coefficient (Wildman–Crippen LogP) is 9.34. The molecule has 0 aromatic heterocycles. The number of fused-ring (bicyclic) bond motifs is 3. The van der Waals surface area contributed by atoms with Crippen LogP contribution in [0.2, 0.25) is 0 Å². The Morgan fingerprint density at radius 2 is 0.944 bits per heavy atom. The van der Waals surface area contributed by atoms with Crippen LogP contribution < -0.4 is 21.7 Å². The number of rotatable bonds is 6. The third-order valence-electron chi connectivity index (χ3n) is 15.1. The van der Waals surface area contributed by atoms with Crippen LogP contribution in [-0.4, -0.2) is 101 Å². The number of hydrogen-bond acceptors (Lipinski definition) is 6. The first kappa shape index (κ1) is 49.8. The number of nitrogens with one attached hydrogen (secondary N) is 3.